The van der Waals surface area contributed by atoms with Gasteiger partial charge in [-0.15, -0.1) is 0 Å². The van der Waals surface area contributed by atoms with Gasteiger partial charge in [-0.05, 0) is 18.8 Å². The fourth-order valence-corrected chi connectivity index (χ4v) is 2.18. The van der Waals surface area contributed by atoms with Crippen LogP contribution in [0.3, 0.4) is 0 Å². The molecule has 0 saturated heterocycles. The molecule has 2 atom stereocenters. The Kier molecular flexibility index (Phi) is 2.47. The van der Waals surface area contributed by atoms with Crippen molar-refractivity contribution >= 4 is 5.97 Å². The van der Waals surface area contributed by atoms with E-state index in [0.717, 1.165) is 19.3 Å². The smallest absolute Gasteiger partial charge is 0.303 e. The molecule has 76 valence electrons. The normalized spacial score (nSPS) is 26.6. The van der Waals surface area contributed by atoms with Crippen molar-refractivity contribution in [3.8, 4) is 0 Å². The number of hydrogen-bond acceptors (Lipinski definition) is 3. The Labute approximate surface area is 81.7 Å². The third-order valence-electron chi connectivity index (χ3n) is 2.79. The van der Waals surface area contributed by atoms with Gasteiger partial charge in [0.1, 0.15) is 0 Å². The Bertz CT molecular complexity index is 310. The molecule has 1 aromatic heterocycles. The topological polar surface area (TPSA) is 68.0 Å². The summed E-state index contributed by atoms with van der Waals surface area (Å²) in [4.78, 5) is 12.3. The van der Waals surface area contributed by atoms with Crippen molar-refractivity contribution < 1.29 is 9.90 Å². The number of hydrogen-bond donors (Lipinski definition) is 1. The van der Waals surface area contributed by atoms with Gasteiger partial charge in [0.25, 0.3) is 0 Å². The summed E-state index contributed by atoms with van der Waals surface area (Å²) in [6, 6.07) is 0.182. The monoisotopic (exact) mass is 195 g/mol. The molecule has 5 heteroatoms. The summed E-state index contributed by atoms with van der Waals surface area (Å²) < 4.78 is 0. The molecule has 14 heavy (non-hydrogen) atoms. The van der Waals surface area contributed by atoms with Crippen LogP contribution in [0.4, 0.5) is 0 Å². The van der Waals surface area contributed by atoms with Crippen LogP contribution in [-0.4, -0.2) is 26.1 Å². The van der Waals surface area contributed by atoms with Crippen molar-refractivity contribution in [2.24, 2.45) is 5.92 Å². The molecule has 0 bridgehead atoms. The predicted molar refractivity (Wildman–Crippen MR) is 48.7 cm³/mol. The van der Waals surface area contributed by atoms with Crippen molar-refractivity contribution in [1.82, 2.24) is 15.0 Å². The molecule has 0 aliphatic heterocycles. The zero-order valence-electron chi connectivity index (χ0n) is 7.83. The highest BCUT2D eigenvalue weighted by molar-refractivity contribution is 5.67. The van der Waals surface area contributed by atoms with E-state index in [2.05, 4.69) is 10.2 Å². The van der Waals surface area contributed by atoms with Gasteiger partial charge in [0.05, 0.1) is 24.9 Å². The van der Waals surface area contributed by atoms with Crippen LogP contribution in [0.2, 0.25) is 0 Å². The van der Waals surface area contributed by atoms with E-state index in [9.17, 15) is 4.79 Å². The first-order chi connectivity index (χ1) is 6.77. The van der Waals surface area contributed by atoms with E-state index in [1.54, 1.807) is 17.2 Å². The van der Waals surface area contributed by atoms with Gasteiger partial charge < -0.3 is 5.11 Å². The summed E-state index contributed by atoms with van der Waals surface area (Å²) in [6.45, 7) is 0. The zero-order chi connectivity index (χ0) is 9.97. The van der Waals surface area contributed by atoms with Crippen molar-refractivity contribution in [3.63, 3.8) is 0 Å². The van der Waals surface area contributed by atoms with Gasteiger partial charge in [0.2, 0.25) is 0 Å². The molecule has 2 rings (SSSR count). The zero-order valence-corrected chi connectivity index (χ0v) is 7.83. The highest BCUT2D eigenvalue weighted by atomic mass is 16.4. The molecule has 2 unspecified atom stereocenters. The van der Waals surface area contributed by atoms with E-state index in [0.29, 0.717) is 0 Å². The van der Waals surface area contributed by atoms with Gasteiger partial charge in [0.15, 0.2) is 0 Å². The Morgan fingerprint density at radius 1 is 1.43 bits per heavy atom. The lowest BCUT2D eigenvalue weighted by Crippen LogP contribution is -2.19. The Hall–Kier alpha value is -1.39. The standard InChI is InChI=1S/C9H13N3O2/c13-9(14)6-7-2-1-3-8(7)12-10-4-5-11-12/h4-5,7-8H,1-3,6H2,(H,13,14). The van der Waals surface area contributed by atoms with E-state index in [4.69, 9.17) is 5.11 Å². The molecular formula is C9H13N3O2. The van der Waals surface area contributed by atoms with Crippen LogP contribution >= 0.6 is 0 Å². The fraction of sp³-hybridized carbons (Fsp3) is 0.667. The first-order valence-electron chi connectivity index (χ1n) is 4.85. The van der Waals surface area contributed by atoms with Gasteiger partial charge in [-0.2, -0.15) is 15.0 Å². The number of rotatable bonds is 3. The number of aromatic nitrogens is 3. The molecule has 0 spiro atoms. The molecular weight excluding hydrogens is 182 g/mol. The number of nitrogens with zero attached hydrogens (tertiary/aromatic N) is 3. The van der Waals surface area contributed by atoms with E-state index in [1.165, 1.54) is 0 Å². The molecule has 1 saturated carbocycles. The molecule has 1 aliphatic carbocycles. The fourth-order valence-electron chi connectivity index (χ4n) is 2.18. The van der Waals surface area contributed by atoms with Gasteiger partial charge in [-0.3, -0.25) is 4.79 Å². The van der Waals surface area contributed by atoms with Crippen LogP contribution in [0.15, 0.2) is 12.4 Å². The summed E-state index contributed by atoms with van der Waals surface area (Å²) in [5, 5.41) is 16.9. The molecule has 1 aromatic rings. The second-order valence-electron chi connectivity index (χ2n) is 3.71. The maximum absolute atomic E-state index is 10.6. The lowest BCUT2D eigenvalue weighted by molar-refractivity contribution is -0.138. The van der Waals surface area contributed by atoms with E-state index in [1.807, 2.05) is 0 Å². The molecule has 1 fully saturated rings. The second-order valence-corrected chi connectivity index (χ2v) is 3.71. The molecule has 0 radical (unpaired) electrons. The summed E-state index contributed by atoms with van der Waals surface area (Å²) >= 11 is 0. The quantitative estimate of drug-likeness (QED) is 0.784. The number of carboxylic acids is 1. The van der Waals surface area contributed by atoms with Crippen LogP contribution in [0.5, 0.6) is 0 Å². The third kappa shape index (κ3) is 1.76. The van der Waals surface area contributed by atoms with Crippen LogP contribution in [0.1, 0.15) is 31.7 Å². The molecule has 1 N–H and O–H groups in total. The lowest BCUT2D eigenvalue weighted by Gasteiger charge is -2.16. The van der Waals surface area contributed by atoms with Crippen molar-refractivity contribution in [2.45, 2.75) is 31.7 Å². The third-order valence-corrected chi connectivity index (χ3v) is 2.79. The summed E-state index contributed by atoms with van der Waals surface area (Å²) in [5.74, 6) is -0.533. The Morgan fingerprint density at radius 3 is 2.79 bits per heavy atom. The van der Waals surface area contributed by atoms with Crippen LogP contribution in [-0.2, 0) is 4.79 Å². The van der Waals surface area contributed by atoms with Crippen LogP contribution in [0.25, 0.3) is 0 Å². The summed E-state index contributed by atoms with van der Waals surface area (Å²) in [7, 11) is 0. The van der Waals surface area contributed by atoms with Crippen LogP contribution < -0.4 is 0 Å². The van der Waals surface area contributed by atoms with Gasteiger partial charge in [-0.25, -0.2) is 0 Å². The average molecular weight is 195 g/mol. The number of aliphatic carboxylic acids is 1. The summed E-state index contributed by atoms with van der Waals surface area (Å²) in [5.41, 5.74) is 0. The highest BCUT2D eigenvalue weighted by Gasteiger charge is 2.31. The van der Waals surface area contributed by atoms with Gasteiger partial charge in [0, 0.05) is 0 Å². The second kappa shape index (κ2) is 3.77. The van der Waals surface area contributed by atoms with Crippen LogP contribution in [0, 0.1) is 5.92 Å². The molecule has 0 aromatic carbocycles. The number of carboxylic acid groups (broad SMARTS) is 1. The minimum atomic E-state index is -0.728. The average Bonchev–Trinajstić information content (AvgIpc) is 2.70. The predicted octanol–water partition coefficient (Wildman–Crippen LogP) is 1.09. The molecule has 0 amide bonds. The minimum absolute atomic E-state index is 0.182. The maximum atomic E-state index is 10.6. The maximum Gasteiger partial charge on any atom is 0.303 e. The minimum Gasteiger partial charge on any atom is -0.481 e. The number of carbonyl (C=O) groups is 1. The van der Waals surface area contributed by atoms with E-state index < -0.39 is 5.97 Å². The first-order valence-corrected chi connectivity index (χ1v) is 4.85. The Morgan fingerprint density at radius 2 is 2.14 bits per heavy atom. The van der Waals surface area contributed by atoms with E-state index >= 15 is 0 Å². The first kappa shape index (κ1) is 9.18. The molecule has 1 aliphatic rings. The van der Waals surface area contributed by atoms with E-state index in [-0.39, 0.29) is 18.4 Å². The van der Waals surface area contributed by atoms with Crippen molar-refractivity contribution in [1.29, 1.82) is 0 Å². The van der Waals surface area contributed by atoms with Gasteiger partial charge in [-0.1, -0.05) is 6.42 Å². The highest BCUT2D eigenvalue weighted by Crippen LogP contribution is 2.36. The summed E-state index contributed by atoms with van der Waals surface area (Å²) in [6.07, 6.45) is 6.54. The van der Waals surface area contributed by atoms with Crippen molar-refractivity contribution in [2.75, 3.05) is 0 Å². The lowest BCUT2D eigenvalue weighted by atomic mass is 10.0. The molecule has 1 heterocycles. The largest absolute Gasteiger partial charge is 0.481 e. The van der Waals surface area contributed by atoms with Gasteiger partial charge >= 0.3 is 5.97 Å². The Balaban J connectivity index is 2.07. The SMILES string of the molecule is O=C(O)CC1CCCC1n1nccn1. The molecule has 5 nitrogen and oxygen atoms in total. The van der Waals surface area contributed by atoms with Crippen molar-refractivity contribution in [3.05, 3.63) is 12.4 Å².